The van der Waals surface area contributed by atoms with Crippen molar-refractivity contribution in [2.45, 2.75) is 12.8 Å². The van der Waals surface area contributed by atoms with E-state index in [-0.39, 0.29) is 11.8 Å². The molecule has 6 nitrogen and oxygen atoms in total. The summed E-state index contributed by atoms with van der Waals surface area (Å²) in [4.78, 5) is 23.8. The van der Waals surface area contributed by atoms with Crippen molar-refractivity contribution in [3.05, 3.63) is 41.0 Å². The normalized spacial score (nSPS) is 15.1. The number of methoxy groups -OCH3 is 1. The molecule has 0 spiro atoms. The van der Waals surface area contributed by atoms with E-state index in [0.29, 0.717) is 16.5 Å². The molecule has 1 amide bonds. The Balaban J connectivity index is 1.39. The van der Waals surface area contributed by atoms with E-state index in [0.717, 1.165) is 42.0 Å². The Morgan fingerprint density at radius 1 is 1.30 bits per heavy atom. The fourth-order valence-electron chi connectivity index (χ4n) is 3.35. The van der Waals surface area contributed by atoms with E-state index in [9.17, 15) is 4.79 Å². The number of halogens is 1. The standard InChI is InChI=1S/C19H19ClN4O2S/c1-26-15-3-2-13(10-14(15)20)23-19(25)12-5-8-24(9-6-12)18-17-16(4-7-21-18)27-11-22-17/h2-4,7,10-12H,5-6,8-9H2,1H3,(H,23,25). The van der Waals surface area contributed by atoms with Crippen LogP contribution in [0.15, 0.2) is 36.0 Å². The minimum absolute atomic E-state index is 0.0238. The number of aromatic nitrogens is 2. The topological polar surface area (TPSA) is 67.3 Å². The zero-order chi connectivity index (χ0) is 18.8. The number of nitrogens with zero attached hydrogens (tertiary/aromatic N) is 3. The number of anilines is 2. The molecular formula is C19H19ClN4O2S. The number of thiazole rings is 1. The number of benzene rings is 1. The van der Waals surface area contributed by atoms with Gasteiger partial charge in [-0.15, -0.1) is 11.3 Å². The summed E-state index contributed by atoms with van der Waals surface area (Å²) in [5.74, 6) is 1.49. The molecule has 0 bridgehead atoms. The smallest absolute Gasteiger partial charge is 0.227 e. The van der Waals surface area contributed by atoms with Crippen LogP contribution in [0.3, 0.4) is 0 Å². The van der Waals surface area contributed by atoms with Gasteiger partial charge in [-0.1, -0.05) is 11.6 Å². The molecule has 3 aromatic rings. The average Bonchev–Trinajstić information content (AvgIpc) is 3.17. The van der Waals surface area contributed by atoms with Gasteiger partial charge in [0.1, 0.15) is 11.3 Å². The van der Waals surface area contributed by atoms with E-state index >= 15 is 0 Å². The maximum Gasteiger partial charge on any atom is 0.227 e. The van der Waals surface area contributed by atoms with Crippen molar-refractivity contribution in [2.75, 3.05) is 30.4 Å². The largest absolute Gasteiger partial charge is 0.495 e. The van der Waals surface area contributed by atoms with Crippen molar-refractivity contribution < 1.29 is 9.53 Å². The Morgan fingerprint density at radius 3 is 2.85 bits per heavy atom. The molecule has 1 saturated heterocycles. The molecule has 0 radical (unpaired) electrons. The van der Waals surface area contributed by atoms with Gasteiger partial charge in [-0.3, -0.25) is 4.79 Å². The number of hydrogen-bond donors (Lipinski definition) is 1. The number of nitrogens with one attached hydrogen (secondary N) is 1. The average molecular weight is 403 g/mol. The minimum atomic E-state index is -0.0308. The highest BCUT2D eigenvalue weighted by atomic mass is 35.5. The van der Waals surface area contributed by atoms with Gasteiger partial charge in [0.15, 0.2) is 5.82 Å². The summed E-state index contributed by atoms with van der Waals surface area (Å²) in [7, 11) is 1.56. The van der Waals surface area contributed by atoms with E-state index in [4.69, 9.17) is 16.3 Å². The summed E-state index contributed by atoms with van der Waals surface area (Å²) in [6.07, 6.45) is 3.37. The Morgan fingerprint density at radius 2 is 2.11 bits per heavy atom. The molecule has 1 aromatic carbocycles. The van der Waals surface area contributed by atoms with Gasteiger partial charge in [-0.05, 0) is 37.1 Å². The minimum Gasteiger partial charge on any atom is -0.495 e. The van der Waals surface area contributed by atoms with Crippen molar-refractivity contribution >= 4 is 50.6 Å². The van der Waals surface area contributed by atoms with E-state index in [1.54, 1.807) is 36.6 Å². The summed E-state index contributed by atoms with van der Waals surface area (Å²) >= 11 is 7.74. The monoisotopic (exact) mass is 402 g/mol. The lowest BCUT2D eigenvalue weighted by Gasteiger charge is -2.32. The first-order valence-corrected chi connectivity index (χ1v) is 9.99. The van der Waals surface area contributed by atoms with Gasteiger partial charge in [0.05, 0.1) is 22.3 Å². The molecule has 0 atom stereocenters. The van der Waals surface area contributed by atoms with Crippen LogP contribution in [0.2, 0.25) is 5.02 Å². The third-order valence-corrected chi connectivity index (χ3v) is 5.90. The molecule has 1 aliphatic heterocycles. The van der Waals surface area contributed by atoms with Crippen LogP contribution in [0.5, 0.6) is 5.75 Å². The van der Waals surface area contributed by atoms with Crippen LogP contribution in [-0.2, 0) is 4.79 Å². The molecule has 140 valence electrons. The second kappa shape index (κ2) is 7.70. The van der Waals surface area contributed by atoms with Crippen molar-refractivity contribution in [1.29, 1.82) is 0 Å². The Kier molecular flexibility index (Phi) is 5.13. The molecular weight excluding hydrogens is 384 g/mol. The van der Waals surface area contributed by atoms with Gasteiger partial charge in [-0.2, -0.15) is 0 Å². The van der Waals surface area contributed by atoms with E-state index in [1.807, 2.05) is 17.8 Å². The van der Waals surface area contributed by atoms with Gasteiger partial charge in [0, 0.05) is 30.9 Å². The van der Waals surface area contributed by atoms with Crippen LogP contribution < -0.4 is 15.0 Å². The van der Waals surface area contributed by atoms with E-state index in [2.05, 4.69) is 20.2 Å². The number of piperidine rings is 1. The van der Waals surface area contributed by atoms with Crippen LogP contribution >= 0.6 is 22.9 Å². The molecule has 2 aromatic heterocycles. The summed E-state index contributed by atoms with van der Waals surface area (Å²) in [6, 6.07) is 7.24. The van der Waals surface area contributed by atoms with E-state index in [1.165, 1.54) is 0 Å². The Labute approximate surface area is 166 Å². The fraction of sp³-hybridized carbons (Fsp3) is 0.316. The van der Waals surface area contributed by atoms with Gasteiger partial charge in [0.25, 0.3) is 0 Å². The zero-order valence-electron chi connectivity index (χ0n) is 14.8. The maximum absolute atomic E-state index is 12.6. The molecule has 1 aliphatic rings. The first-order chi connectivity index (χ1) is 13.2. The summed E-state index contributed by atoms with van der Waals surface area (Å²) < 4.78 is 6.27. The first kappa shape index (κ1) is 18.0. The Hall–Kier alpha value is -2.38. The van der Waals surface area contributed by atoms with Gasteiger partial charge in [0.2, 0.25) is 5.91 Å². The van der Waals surface area contributed by atoms with Gasteiger partial charge in [-0.25, -0.2) is 9.97 Å². The van der Waals surface area contributed by atoms with Crippen LogP contribution in [0.4, 0.5) is 11.5 Å². The molecule has 1 fully saturated rings. The van der Waals surface area contributed by atoms with E-state index < -0.39 is 0 Å². The van der Waals surface area contributed by atoms with Crippen LogP contribution in [-0.4, -0.2) is 36.1 Å². The number of carbonyl (C=O) groups is 1. The predicted molar refractivity (Wildman–Crippen MR) is 109 cm³/mol. The summed E-state index contributed by atoms with van der Waals surface area (Å²) in [5, 5.41) is 3.44. The molecule has 1 N–H and O–H groups in total. The second-order valence-corrected chi connectivity index (χ2v) is 7.73. The molecule has 0 saturated carbocycles. The first-order valence-electron chi connectivity index (χ1n) is 8.73. The van der Waals surface area contributed by atoms with Crippen LogP contribution in [0.25, 0.3) is 10.2 Å². The fourth-order valence-corrected chi connectivity index (χ4v) is 4.28. The van der Waals surface area contributed by atoms with Crippen molar-refractivity contribution in [3.63, 3.8) is 0 Å². The lowest BCUT2D eigenvalue weighted by molar-refractivity contribution is -0.120. The Bertz CT molecular complexity index is 969. The van der Waals surface area contributed by atoms with Crippen molar-refractivity contribution in [2.24, 2.45) is 5.92 Å². The van der Waals surface area contributed by atoms with Gasteiger partial charge < -0.3 is 15.0 Å². The number of fused-ring (bicyclic) bond motifs is 1. The third-order valence-electron chi connectivity index (χ3n) is 4.81. The quantitative estimate of drug-likeness (QED) is 0.708. The number of hydrogen-bond acceptors (Lipinski definition) is 6. The number of carbonyl (C=O) groups excluding carboxylic acids is 1. The number of ether oxygens (including phenoxy) is 1. The summed E-state index contributed by atoms with van der Waals surface area (Å²) in [5.41, 5.74) is 3.47. The molecule has 0 unspecified atom stereocenters. The molecule has 4 rings (SSSR count). The highest BCUT2D eigenvalue weighted by molar-refractivity contribution is 7.16. The van der Waals surface area contributed by atoms with Crippen LogP contribution in [0, 0.1) is 5.92 Å². The number of rotatable bonds is 4. The molecule has 0 aliphatic carbocycles. The van der Waals surface area contributed by atoms with Crippen molar-refractivity contribution in [1.82, 2.24) is 9.97 Å². The molecule has 3 heterocycles. The highest BCUT2D eigenvalue weighted by Gasteiger charge is 2.27. The summed E-state index contributed by atoms with van der Waals surface area (Å²) in [6.45, 7) is 1.57. The van der Waals surface area contributed by atoms with Crippen molar-refractivity contribution in [3.8, 4) is 5.75 Å². The SMILES string of the molecule is COc1ccc(NC(=O)C2CCN(c3nccc4scnc34)CC2)cc1Cl. The number of amides is 1. The predicted octanol–water partition coefficient (Wildman–Crippen LogP) is 4.21. The van der Waals surface area contributed by atoms with Gasteiger partial charge >= 0.3 is 0 Å². The lowest BCUT2D eigenvalue weighted by atomic mass is 9.95. The molecule has 8 heteroatoms. The highest BCUT2D eigenvalue weighted by Crippen LogP contribution is 2.30. The number of pyridine rings is 1. The maximum atomic E-state index is 12.6. The lowest BCUT2D eigenvalue weighted by Crippen LogP contribution is -2.38. The van der Waals surface area contributed by atoms with Crippen LogP contribution in [0.1, 0.15) is 12.8 Å². The molecule has 27 heavy (non-hydrogen) atoms. The second-order valence-electron chi connectivity index (χ2n) is 6.43. The third kappa shape index (κ3) is 3.70. The zero-order valence-corrected chi connectivity index (χ0v) is 16.4.